The van der Waals surface area contributed by atoms with Crippen molar-refractivity contribution in [3.63, 3.8) is 0 Å². The van der Waals surface area contributed by atoms with E-state index in [1.54, 1.807) is 12.0 Å². The van der Waals surface area contributed by atoms with Gasteiger partial charge in [-0.25, -0.2) is 0 Å². The van der Waals surface area contributed by atoms with Crippen LogP contribution in [0.25, 0.3) is 0 Å². The minimum atomic E-state index is -0.580. The van der Waals surface area contributed by atoms with E-state index in [4.69, 9.17) is 4.74 Å². The lowest BCUT2D eigenvalue weighted by Gasteiger charge is -2.35. The molecular formula is C20H23N3O3. The Morgan fingerprint density at radius 3 is 2.31 bits per heavy atom. The summed E-state index contributed by atoms with van der Waals surface area (Å²) in [5.74, 6) is -0.367. The van der Waals surface area contributed by atoms with E-state index in [1.807, 2.05) is 42.5 Å². The van der Waals surface area contributed by atoms with Gasteiger partial charge in [0.2, 0.25) is 0 Å². The maximum absolute atomic E-state index is 12.4. The summed E-state index contributed by atoms with van der Waals surface area (Å²) in [6.07, 6.45) is 0. The number of anilines is 1. The van der Waals surface area contributed by atoms with Crippen molar-refractivity contribution in [3.05, 3.63) is 60.2 Å². The summed E-state index contributed by atoms with van der Waals surface area (Å²) < 4.78 is 5.26. The molecule has 6 nitrogen and oxygen atoms in total. The number of rotatable bonds is 4. The van der Waals surface area contributed by atoms with Crippen molar-refractivity contribution in [2.45, 2.75) is 6.54 Å². The summed E-state index contributed by atoms with van der Waals surface area (Å²) >= 11 is 0. The highest BCUT2D eigenvalue weighted by Crippen LogP contribution is 2.17. The van der Waals surface area contributed by atoms with Crippen molar-refractivity contribution in [2.75, 3.05) is 38.2 Å². The Hall–Kier alpha value is -3.02. The van der Waals surface area contributed by atoms with Crippen LogP contribution in [0.15, 0.2) is 54.6 Å². The van der Waals surface area contributed by atoms with Crippen LogP contribution in [-0.4, -0.2) is 50.0 Å². The van der Waals surface area contributed by atoms with Crippen molar-refractivity contribution >= 4 is 17.5 Å². The Balaban J connectivity index is 1.51. The minimum Gasteiger partial charge on any atom is -0.496 e. The topological polar surface area (TPSA) is 61.9 Å². The van der Waals surface area contributed by atoms with E-state index in [0.717, 1.165) is 24.3 Å². The fraction of sp³-hybridized carbons (Fsp3) is 0.300. The molecule has 26 heavy (non-hydrogen) atoms. The molecule has 2 amide bonds. The number of methoxy groups -OCH3 is 1. The molecule has 1 aliphatic rings. The average Bonchev–Trinajstić information content (AvgIpc) is 2.72. The number of carbonyl (C=O) groups excluding carboxylic acids is 2. The molecule has 0 aliphatic carbocycles. The molecular weight excluding hydrogens is 330 g/mol. The zero-order valence-electron chi connectivity index (χ0n) is 14.9. The average molecular weight is 353 g/mol. The Labute approximate surface area is 153 Å². The Kier molecular flexibility index (Phi) is 5.73. The molecule has 0 saturated carbocycles. The molecule has 3 rings (SSSR count). The number of hydrogen-bond acceptors (Lipinski definition) is 4. The predicted octanol–water partition coefficient (Wildman–Crippen LogP) is 1.66. The lowest BCUT2D eigenvalue weighted by Crippen LogP contribution is -2.52. The van der Waals surface area contributed by atoms with Crippen LogP contribution >= 0.6 is 0 Å². The van der Waals surface area contributed by atoms with Gasteiger partial charge >= 0.3 is 11.8 Å². The van der Waals surface area contributed by atoms with Gasteiger partial charge in [-0.15, -0.1) is 0 Å². The van der Waals surface area contributed by atoms with Crippen LogP contribution < -0.4 is 15.0 Å². The molecule has 1 saturated heterocycles. The van der Waals surface area contributed by atoms with Gasteiger partial charge in [0, 0.05) is 44.0 Å². The monoisotopic (exact) mass is 353 g/mol. The van der Waals surface area contributed by atoms with E-state index in [2.05, 4.69) is 22.3 Å². The molecule has 0 radical (unpaired) electrons. The molecule has 1 aliphatic heterocycles. The third-order valence-corrected chi connectivity index (χ3v) is 4.51. The fourth-order valence-electron chi connectivity index (χ4n) is 3.05. The largest absolute Gasteiger partial charge is 0.496 e. The van der Waals surface area contributed by atoms with E-state index in [-0.39, 0.29) is 6.54 Å². The molecule has 0 bridgehead atoms. The summed E-state index contributed by atoms with van der Waals surface area (Å²) in [5, 5.41) is 2.69. The first-order chi connectivity index (χ1) is 12.7. The van der Waals surface area contributed by atoms with E-state index in [1.165, 1.54) is 0 Å². The summed E-state index contributed by atoms with van der Waals surface area (Å²) in [7, 11) is 1.58. The number of nitrogens with one attached hydrogen (secondary N) is 1. The van der Waals surface area contributed by atoms with Gasteiger partial charge in [-0.2, -0.15) is 0 Å². The van der Waals surface area contributed by atoms with Crippen molar-refractivity contribution in [3.8, 4) is 5.75 Å². The minimum absolute atomic E-state index is 0.262. The molecule has 1 heterocycles. The second-order valence-electron chi connectivity index (χ2n) is 6.11. The standard InChI is InChI=1S/C20H23N3O3/c1-26-18-10-6-5-7-16(18)15-21-19(24)20(25)23-13-11-22(12-14-23)17-8-3-2-4-9-17/h2-10H,11-15H2,1H3,(H,21,24). The number of ether oxygens (including phenoxy) is 1. The number of nitrogens with zero attached hydrogens (tertiary/aromatic N) is 2. The smallest absolute Gasteiger partial charge is 0.312 e. The molecule has 136 valence electrons. The van der Waals surface area contributed by atoms with Crippen LogP contribution in [0.1, 0.15) is 5.56 Å². The van der Waals surface area contributed by atoms with Gasteiger partial charge in [0.1, 0.15) is 5.75 Å². The second-order valence-corrected chi connectivity index (χ2v) is 6.11. The van der Waals surface area contributed by atoms with E-state index in [9.17, 15) is 9.59 Å². The van der Waals surface area contributed by atoms with Crippen molar-refractivity contribution in [1.29, 1.82) is 0 Å². The van der Waals surface area contributed by atoms with Crippen LogP contribution in [0, 0.1) is 0 Å². The summed E-state index contributed by atoms with van der Waals surface area (Å²) in [5.41, 5.74) is 1.98. The second kappa shape index (κ2) is 8.38. The maximum atomic E-state index is 12.4. The molecule has 0 atom stereocenters. The van der Waals surface area contributed by atoms with Crippen LogP contribution in [0.2, 0.25) is 0 Å². The van der Waals surface area contributed by atoms with Gasteiger partial charge in [0.15, 0.2) is 0 Å². The molecule has 6 heteroatoms. The number of hydrogen-bond donors (Lipinski definition) is 1. The first kappa shape index (κ1) is 17.8. The molecule has 0 unspecified atom stereocenters. The van der Waals surface area contributed by atoms with Gasteiger partial charge in [0.25, 0.3) is 0 Å². The van der Waals surface area contributed by atoms with Gasteiger partial charge in [0.05, 0.1) is 7.11 Å². The Morgan fingerprint density at radius 1 is 0.962 bits per heavy atom. The summed E-state index contributed by atoms with van der Waals surface area (Å²) in [4.78, 5) is 28.4. The molecule has 1 N–H and O–H groups in total. The quantitative estimate of drug-likeness (QED) is 0.850. The molecule has 0 aromatic heterocycles. The highest BCUT2D eigenvalue weighted by atomic mass is 16.5. The number of benzene rings is 2. The number of piperazine rings is 1. The normalized spacial score (nSPS) is 14.0. The van der Waals surface area contributed by atoms with Gasteiger partial charge in [-0.05, 0) is 18.2 Å². The van der Waals surface area contributed by atoms with E-state index < -0.39 is 11.8 Å². The Morgan fingerprint density at radius 2 is 1.62 bits per heavy atom. The van der Waals surface area contributed by atoms with E-state index in [0.29, 0.717) is 18.8 Å². The lowest BCUT2D eigenvalue weighted by molar-refractivity contribution is -0.146. The van der Waals surface area contributed by atoms with Crippen molar-refractivity contribution in [1.82, 2.24) is 10.2 Å². The Bertz CT molecular complexity index is 756. The molecule has 2 aromatic rings. The van der Waals surface area contributed by atoms with Crippen LogP contribution in [-0.2, 0) is 16.1 Å². The highest BCUT2D eigenvalue weighted by molar-refractivity contribution is 6.35. The number of amides is 2. The van der Waals surface area contributed by atoms with Crippen LogP contribution in [0.4, 0.5) is 5.69 Å². The third kappa shape index (κ3) is 4.14. The predicted molar refractivity (Wildman–Crippen MR) is 100 cm³/mol. The van der Waals surface area contributed by atoms with Gasteiger partial charge in [-0.1, -0.05) is 36.4 Å². The lowest BCUT2D eigenvalue weighted by atomic mass is 10.2. The summed E-state index contributed by atoms with van der Waals surface area (Å²) in [6, 6.07) is 17.5. The maximum Gasteiger partial charge on any atom is 0.312 e. The van der Waals surface area contributed by atoms with Crippen molar-refractivity contribution < 1.29 is 14.3 Å². The van der Waals surface area contributed by atoms with Crippen LogP contribution in [0.3, 0.4) is 0 Å². The fourth-order valence-corrected chi connectivity index (χ4v) is 3.05. The zero-order chi connectivity index (χ0) is 18.4. The molecule has 0 spiro atoms. The molecule has 1 fully saturated rings. The number of carbonyl (C=O) groups is 2. The zero-order valence-corrected chi connectivity index (χ0v) is 14.9. The summed E-state index contributed by atoms with van der Waals surface area (Å²) in [6.45, 7) is 2.77. The third-order valence-electron chi connectivity index (χ3n) is 4.51. The first-order valence-corrected chi connectivity index (χ1v) is 8.68. The van der Waals surface area contributed by atoms with Crippen LogP contribution in [0.5, 0.6) is 5.75 Å². The van der Waals surface area contributed by atoms with E-state index >= 15 is 0 Å². The first-order valence-electron chi connectivity index (χ1n) is 8.68. The van der Waals surface area contributed by atoms with Crippen molar-refractivity contribution in [2.24, 2.45) is 0 Å². The van der Waals surface area contributed by atoms with Gasteiger partial charge in [-0.3, -0.25) is 9.59 Å². The highest BCUT2D eigenvalue weighted by Gasteiger charge is 2.26. The number of para-hydroxylation sites is 2. The van der Waals surface area contributed by atoms with Gasteiger partial charge < -0.3 is 19.9 Å². The molecule has 2 aromatic carbocycles. The SMILES string of the molecule is COc1ccccc1CNC(=O)C(=O)N1CCN(c2ccccc2)CC1.